The lowest BCUT2D eigenvalue weighted by Gasteiger charge is -2.50. The van der Waals surface area contributed by atoms with Crippen LogP contribution in [-0.4, -0.2) is 23.4 Å². The maximum absolute atomic E-state index is 11.6. The quantitative estimate of drug-likeness (QED) is 0.695. The molecular weight excluding hydrogens is 288 g/mol. The molecule has 19 heavy (non-hydrogen) atoms. The predicted molar refractivity (Wildman–Crippen MR) is 75.6 cm³/mol. The fraction of sp³-hybridized carbons (Fsp3) is 1.00. The summed E-state index contributed by atoms with van der Waals surface area (Å²) in [5.41, 5.74) is -0.141. The van der Waals surface area contributed by atoms with Crippen molar-refractivity contribution in [2.24, 2.45) is 0 Å². The Morgan fingerprint density at radius 2 is 1.42 bits per heavy atom. The highest BCUT2D eigenvalue weighted by atomic mass is 31.2. The van der Waals surface area contributed by atoms with E-state index in [9.17, 15) is 9.13 Å². The molecule has 1 rings (SSSR count). The number of nitrogens with zero attached hydrogens (tertiary/aromatic N) is 1. The summed E-state index contributed by atoms with van der Waals surface area (Å²) in [5, 5.41) is 0. The molecule has 1 fully saturated rings. The van der Waals surface area contributed by atoms with Gasteiger partial charge in [0.25, 0.3) is 0 Å². The summed E-state index contributed by atoms with van der Waals surface area (Å²) in [6.07, 6.45) is 3.12. The lowest BCUT2D eigenvalue weighted by atomic mass is 9.87. The van der Waals surface area contributed by atoms with E-state index in [1.165, 1.54) is 0 Å². The minimum atomic E-state index is -2.77. The summed E-state index contributed by atoms with van der Waals surface area (Å²) >= 11 is 0. The van der Waals surface area contributed by atoms with Crippen LogP contribution in [-0.2, 0) is 22.5 Å². The molecule has 114 valence electrons. The van der Waals surface area contributed by atoms with Crippen LogP contribution in [0.1, 0.15) is 53.4 Å². The summed E-state index contributed by atoms with van der Waals surface area (Å²) in [4.78, 5) is 1.94. The van der Waals surface area contributed by atoms with Crippen molar-refractivity contribution in [3.63, 3.8) is 0 Å². The minimum Gasteiger partial charge on any atom is -0.263 e. The van der Waals surface area contributed by atoms with E-state index >= 15 is 0 Å². The third-order valence-corrected chi connectivity index (χ3v) is 6.60. The molecule has 1 aliphatic rings. The molecule has 0 aromatic carbocycles. The molecule has 0 bridgehead atoms. The molecular formula is C11H25NO5P2. The molecule has 0 amide bonds. The Morgan fingerprint density at radius 3 is 1.74 bits per heavy atom. The molecule has 2 atom stereocenters. The molecule has 2 unspecified atom stereocenters. The van der Waals surface area contributed by atoms with Gasteiger partial charge in [-0.25, -0.2) is 9.21 Å². The highest BCUT2D eigenvalue weighted by molar-refractivity contribution is 7.48. The Bertz CT molecular complexity index is 335. The first-order valence-electron chi connectivity index (χ1n) is 6.77. The van der Waals surface area contributed by atoms with Crippen molar-refractivity contribution in [3.8, 4) is 0 Å². The zero-order chi connectivity index (χ0) is 14.7. The van der Waals surface area contributed by atoms with E-state index in [2.05, 4.69) is 25.1 Å². The van der Waals surface area contributed by atoms with Crippen LogP contribution in [0.2, 0.25) is 0 Å². The molecule has 0 N–H and O–H groups in total. The highest BCUT2D eigenvalue weighted by Crippen LogP contribution is 2.55. The van der Waals surface area contributed by atoms with E-state index < -0.39 is 22.4 Å². The molecule has 6 nitrogen and oxygen atoms in total. The van der Waals surface area contributed by atoms with Crippen LogP contribution < -0.4 is 0 Å². The van der Waals surface area contributed by atoms with Crippen LogP contribution in [0.4, 0.5) is 0 Å². The second-order valence-corrected chi connectivity index (χ2v) is 6.94. The molecule has 0 aliphatic carbocycles. The van der Waals surface area contributed by atoms with Gasteiger partial charge in [0.05, 0.1) is 0 Å². The van der Waals surface area contributed by atoms with Gasteiger partial charge >= 0.3 is 16.5 Å². The van der Waals surface area contributed by atoms with Crippen molar-refractivity contribution in [2.75, 3.05) is 7.05 Å². The van der Waals surface area contributed by atoms with Gasteiger partial charge in [0.1, 0.15) is 0 Å². The first kappa shape index (κ1) is 17.4. The topological polar surface area (TPSA) is 65.1 Å². The molecule has 1 aliphatic heterocycles. The zero-order valence-electron chi connectivity index (χ0n) is 12.3. The average Bonchev–Trinajstić information content (AvgIpc) is 2.40. The van der Waals surface area contributed by atoms with Gasteiger partial charge in [0, 0.05) is 12.0 Å². The van der Waals surface area contributed by atoms with Crippen LogP contribution >= 0.6 is 16.5 Å². The lowest BCUT2D eigenvalue weighted by Crippen LogP contribution is -2.59. The third-order valence-electron chi connectivity index (χ3n) is 4.30. The van der Waals surface area contributed by atoms with Gasteiger partial charge in [-0.2, -0.15) is 0 Å². The van der Waals surface area contributed by atoms with Gasteiger partial charge in [0.2, 0.25) is 5.91 Å². The van der Waals surface area contributed by atoms with Crippen molar-refractivity contribution >= 4 is 16.5 Å². The second kappa shape index (κ2) is 6.84. The second-order valence-electron chi connectivity index (χ2n) is 4.72. The fourth-order valence-electron chi connectivity index (χ4n) is 2.73. The van der Waals surface area contributed by atoms with E-state index in [-0.39, 0.29) is 5.54 Å². The van der Waals surface area contributed by atoms with Crippen molar-refractivity contribution in [1.82, 2.24) is 4.90 Å². The number of hydrogen-bond donors (Lipinski definition) is 0. The smallest absolute Gasteiger partial charge is 0.263 e. The maximum Gasteiger partial charge on any atom is 0.329 e. The van der Waals surface area contributed by atoms with E-state index in [1.54, 1.807) is 0 Å². The Labute approximate surface area is 116 Å². The van der Waals surface area contributed by atoms with Crippen LogP contribution in [0, 0.1) is 0 Å². The Balaban J connectivity index is 3.13. The number of rotatable bonds is 6. The SMILES string of the molecule is CCC(CC)(CC)N(C)C1(CC)O[PH](=O)O[PH](=O)O1. The normalized spacial score (nSPS) is 32.7. The molecule has 0 radical (unpaired) electrons. The molecule has 1 saturated heterocycles. The minimum absolute atomic E-state index is 0.141. The third kappa shape index (κ3) is 3.31. The Kier molecular flexibility index (Phi) is 6.25. The highest BCUT2D eigenvalue weighted by Gasteiger charge is 2.49. The van der Waals surface area contributed by atoms with Gasteiger partial charge < -0.3 is 0 Å². The fourth-order valence-corrected chi connectivity index (χ4v) is 4.86. The van der Waals surface area contributed by atoms with Gasteiger partial charge in [-0.1, -0.05) is 27.7 Å². The Morgan fingerprint density at radius 1 is 1.00 bits per heavy atom. The average molecular weight is 313 g/mol. The summed E-state index contributed by atoms with van der Waals surface area (Å²) in [5.74, 6) is -1.22. The first-order valence-corrected chi connectivity index (χ1v) is 9.22. The molecule has 0 saturated carbocycles. The van der Waals surface area contributed by atoms with Gasteiger partial charge in [-0.05, 0) is 26.3 Å². The van der Waals surface area contributed by atoms with Crippen molar-refractivity contribution in [2.45, 2.75) is 64.8 Å². The molecule has 1 heterocycles. The monoisotopic (exact) mass is 313 g/mol. The van der Waals surface area contributed by atoms with Crippen LogP contribution in [0.25, 0.3) is 0 Å². The zero-order valence-corrected chi connectivity index (χ0v) is 14.3. The largest absolute Gasteiger partial charge is 0.329 e. The lowest BCUT2D eigenvalue weighted by molar-refractivity contribution is -0.258. The van der Waals surface area contributed by atoms with Gasteiger partial charge in [-0.15, -0.1) is 0 Å². The van der Waals surface area contributed by atoms with E-state index in [0.717, 1.165) is 19.3 Å². The Hall–Kier alpha value is 0.300. The number of hydrogen-bond acceptors (Lipinski definition) is 6. The first-order chi connectivity index (χ1) is 8.89. The summed E-state index contributed by atoms with van der Waals surface area (Å²) in [7, 11) is -3.67. The molecule has 8 heteroatoms. The molecule has 0 spiro atoms. The predicted octanol–water partition coefficient (Wildman–Crippen LogP) is 3.79. The maximum atomic E-state index is 11.6. The summed E-state index contributed by atoms with van der Waals surface area (Å²) in [6, 6.07) is 0. The summed E-state index contributed by atoms with van der Waals surface area (Å²) < 4.78 is 38.7. The van der Waals surface area contributed by atoms with Crippen molar-refractivity contribution in [3.05, 3.63) is 0 Å². The van der Waals surface area contributed by atoms with E-state index in [1.807, 2.05) is 18.9 Å². The van der Waals surface area contributed by atoms with E-state index in [0.29, 0.717) is 6.42 Å². The summed E-state index contributed by atoms with van der Waals surface area (Å²) in [6.45, 7) is 8.15. The van der Waals surface area contributed by atoms with E-state index in [4.69, 9.17) is 9.05 Å². The van der Waals surface area contributed by atoms with Crippen molar-refractivity contribution in [1.29, 1.82) is 0 Å². The molecule has 0 aromatic rings. The standard InChI is InChI=1S/C11H25NO5P2/c1-6-10(7-2,8-3)12(5)11(9-4)15-18(13)17-19(14)16-11/h18-19H,6-9H2,1-5H3. The van der Waals surface area contributed by atoms with Crippen LogP contribution in [0.5, 0.6) is 0 Å². The van der Waals surface area contributed by atoms with Crippen molar-refractivity contribution < 1.29 is 22.5 Å². The molecule has 0 aromatic heterocycles. The van der Waals surface area contributed by atoms with Gasteiger partial charge in [0.15, 0.2) is 0 Å². The van der Waals surface area contributed by atoms with Gasteiger partial charge in [-0.3, -0.25) is 18.2 Å². The van der Waals surface area contributed by atoms with Crippen LogP contribution in [0.3, 0.4) is 0 Å². The van der Waals surface area contributed by atoms with Crippen LogP contribution in [0.15, 0.2) is 0 Å².